The molecule has 0 bridgehead atoms. The predicted octanol–water partition coefficient (Wildman–Crippen LogP) is -1.69. The number of rotatable bonds is 4. The molecule has 0 radical (unpaired) electrons. The third-order valence-corrected chi connectivity index (χ3v) is 1.34. The molecule has 10 heteroatoms. The van der Waals surface area contributed by atoms with Gasteiger partial charge < -0.3 is 30.2 Å². The van der Waals surface area contributed by atoms with Crippen molar-refractivity contribution in [1.29, 1.82) is 0 Å². The Labute approximate surface area is 89.4 Å². The maximum absolute atomic E-state index is 8.50. The zero-order valence-corrected chi connectivity index (χ0v) is 9.51. The van der Waals surface area contributed by atoms with Crippen molar-refractivity contribution in [2.45, 2.75) is 0 Å². The van der Waals surface area contributed by atoms with Crippen LogP contribution in [0.4, 0.5) is 0 Å². The Hall–Kier alpha value is -0.0400. The second-order valence-corrected chi connectivity index (χ2v) is 2.62. The van der Waals surface area contributed by atoms with E-state index in [0.717, 1.165) is 0 Å². The van der Waals surface area contributed by atoms with Crippen molar-refractivity contribution in [2.75, 3.05) is 26.4 Å². The molecule has 0 aliphatic heterocycles. The Morgan fingerprint density at radius 1 is 0.733 bits per heavy atom. The summed E-state index contributed by atoms with van der Waals surface area (Å²) in [5, 5.41) is 34.0. The quantitative estimate of drug-likeness (QED) is 0.328. The first-order valence-electron chi connectivity index (χ1n) is 3.44. The molecular weight excluding hydrogens is 250 g/mol. The zero-order valence-electron chi connectivity index (χ0n) is 7.72. The fraction of sp³-hybridized carbons (Fsp3) is 1.00. The molecule has 92 valence electrons. The highest BCUT2D eigenvalue weighted by Crippen LogP contribution is 2.11. The Bertz CT molecular complexity index is 115. The zero-order chi connectivity index (χ0) is 12.7. The molecule has 15 heavy (non-hydrogen) atoms. The average Bonchev–Trinajstić information content (AvgIpc) is 2.24. The van der Waals surface area contributed by atoms with Crippen LogP contribution in [0, 0.1) is 5.41 Å². The van der Waals surface area contributed by atoms with Crippen molar-refractivity contribution in [3.8, 4) is 0 Å². The second-order valence-electron chi connectivity index (χ2n) is 2.30. The van der Waals surface area contributed by atoms with E-state index in [1.165, 1.54) is 0 Å². The predicted molar refractivity (Wildman–Crippen MR) is 50.4 cm³/mol. The SMILES string of the molecule is O=PO.O=PO.OCC(CO)(CO)CO. The largest absolute Gasteiger partial charge is 0.396 e. The average molecular weight is 264 g/mol. The second kappa shape index (κ2) is 16.4. The van der Waals surface area contributed by atoms with Gasteiger partial charge in [0.2, 0.25) is 0 Å². The summed E-state index contributed by atoms with van der Waals surface area (Å²) in [4.78, 5) is 14.0. The first-order valence-corrected chi connectivity index (χ1v) is 4.97. The minimum Gasteiger partial charge on any atom is -0.396 e. The van der Waals surface area contributed by atoms with Gasteiger partial charge in [-0.3, -0.25) is 0 Å². The molecule has 0 amide bonds. The Balaban J connectivity index is -0.000000200. The van der Waals surface area contributed by atoms with E-state index in [1.807, 2.05) is 0 Å². The van der Waals surface area contributed by atoms with Crippen LogP contribution < -0.4 is 0 Å². The molecule has 0 saturated carbocycles. The molecule has 0 saturated heterocycles. The van der Waals surface area contributed by atoms with Gasteiger partial charge in [0, 0.05) is 0 Å². The van der Waals surface area contributed by atoms with Gasteiger partial charge in [0.25, 0.3) is 0 Å². The van der Waals surface area contributed by atoms with E-state index in [-0.39, 0.29) is 0 Å². The first-order chi connectivity index (χ1) is 7.07. The van der Waals surface area contributed by atoms with Crippen molar-refractivity contribution in [3.63, 3.8) is 0 Å². The Kier molecular flexibility index (Phi) is 22.3. The van der Waals surface area contributed by atoms with Crippen LogP contribution in [0.5, 0.6) is 0 Å². The van der Waals surface area contributed by atoms with Gasteiger partial charge in [-0.1, -0.05) is 0 Å². The van der Waals surface area contributed by atoms with Gasteiger partial charge in [0.1, 0.15) is 0 Å². The van der Waals surface area contributed by atoms with Crippen LogP contribution in [0.2, 0.25) is 0 Å². The Morgan fingerprint density at radius 2 is 0.867 bits per heavy atom. The smallest absolute Gasteiger partial charge is 0.324 e. The van der Waals surface area contributed by atoms with E-state index in [2.05, 4.69) is 0 Å². The van der Waals surface area contributed by atoms with E-state index in [1.54, 1.807) is 0 Å². The van der Waals surface area contributed by atoms with Crippen LogP contribution >= 0.6 is 17.4 Å². The molecule has 0 fully saturated rings. The third-order valence-electron chi connectivity index (χ3n) is 1.34. The number of aliphatic hydroxyl groups excluding tert-OH is 4. The van der Waals surface area contributed by atoms with Crippen molar-refractivity contribution < 1.29 is 39.3 Å². The van der Waals surface area contributed by atoms with Gasteiger partial charge in [0.15, 0.2) is 0 Å². The summed E-state index contributed by atoms with van der Waals surface area (Å²) < 4.78 is 16.9. The van der Waals surface area contributed by atoms with E-state index in [0.29, 0.717) is 0 Å². The van der Waals surface area contributed by atoms with Crippen molar-refractivity contribution >= 4 is 17.4 Å². The molecule has 0 atom stereocenters. The van der Waals surface area contributed by atoms with Gasteiger partial charge in [-0.15, -0.1) is 0 Å². The van der Waals surface area contributed by atoms with Crippen LogP contribution in [0.1, 0.15) is 0 Å². The van der Waals surface area contributed by atoms with Crippen LogP contribution in [0.25, 0.3) is 0 Å². The van der Waals surface area contributed by atoms with Gasteiger partial charge in [-0.05, 0) is 0 Å². The topological polar surface area (TPSA) is 156 Å². The van der Waals surface area contributed by atoms with Crippen LogP contribution in [0.15, 0.2) is 0 Å². The summed E-state index contributed by atoms with van der Waals surface area (Å²) in [6.45, 7) is -1.62. The van der Waals surface area contributed by atoms with Crippen molar-refractivity contribution in [2.24, 2.45) is 5.41 Å². The highest BCUT2D eigenvalue weighted by atomic mass is 31.1. The highest BCUT2D eigenvalue weighted by molar-refractivity contribution is 7.16. The summed E-state index contributed by atoms with van der Waals surface area (Å²) in [5.74, 6) is 0. The minimum atomic E-state index is -1.11. The summed E-state index contributed by atoms with van der Waals surface area (Å²) in [6.07, 6.45) is 0. The maximum atomic E-state index is 8.50. The summed E-state index contributed by atoms with van der Waals surface area (Å²) in [5.41, 5.74) is -1.11. The molecule has 0 heterocycles. The summed E-state index contributed by atoms with van der Waals surface area (Å²) in [6, 6.07) is 0. The van der Waals surface area contributed by atoms with Crippen molar-refractivity contribution in [1.82, 2.24) is 0 Å². The fourth-order valence-electron chi connectivity index (χ4n) is 0.300. The summed E-state index contributed by atoms with van der Waals surface area (Å²) >= 11 is 0. The van der Waals surface area contributed by atoms with Gasteiger partial charge in [-0.25, -0.2) is 9.13 Å². The third kappa shape index (κ3) is 14.0. The molecular formula is C5H14O8P2. The molecule has 0 aromatic rings. The number of hydrogen-bond donors (Lipinski definition) is 6. The standard InChI is InChI=1S/C5H12O4.2HO2P/c6-1-5(2-7,3-8)4-9;2*1-3-2/h6-9H,1-4H2;2*(H,1,2). The molecule has 8 nitrogen and oxygen atoms in total. The van der Waals surface area contributed by atoms with Crippen LogP contribution in [0.3, 0.4) is 0 Å². The molecule has 0 aromatic heterocycles. The lowest BCUT2D eigenvalue weighted by Crippen LogP contribution is -2.37. The Morgan fingerprint density at radius 3 is 0.867 bits per heavy atom. The van der Waals surface area contributed by atoms with E-state index < -0.39 is 49.2 Å². The van der Waals surface area contributed by atoms with E-state index in [9.17, 15) is 0 Å². The molecule has 0 aliphatic carbocycles. The normalized spacial score (nSPS) is 10.0. The summed E-state index contributed by atoms with van der Waals surface area (Å²) in [7, 11) is -1.67. The molecule has 0 aromatic carbocycles. The van der Waals surface area contributed by atoms with E-state index >= 15 is 0 Å². The lowest BCUT2D eigenvalue weighted by molar-refractivity contribution is -0.0328. The van der Waals surface area contributed by atoms with Crippen LogP contribution in [-0.2, 0) is 9.13 Å². The number of aliphatic hydroxyl groups is 4. The van der Waals surface area contributed by atoms with E-state index in [4.69, 9.17) is 39.3 Å². The lowest BCUT2D eigenvalue weighted by Gasteiger charge is -2.23. The molecule has 0 aliphatic rings. The number of hydrogen-bond acceptors (Lipinski definition) is 6. The molecule has 0 unspecified atom stereocenters. The monoisotopic (exact) mass is 264 g/mol. The highest BCUT2D eigenvalue weighted by Gasteiger charge is 2.26. The van der Waals surface area contributed by atoms with Gasteiger partial charge >= 0.3 is 17.4 Å². The first kappa shape index (κ1) is 20.4. The molecule has 0 rings (SSSR count). The van der Waals surface area contributed by atoms with Gasteiger partial charge in [-0.2, -0.15) is 0 Å². The molecule has 6 N–H and O–H groups in total. The van der Waals surface area contributed by atoms with Crippen molar-refractivity contribution in [3.05, 3.63) is 0 Å². The fourth-order valence-corrected chi connectivity index (χ4v) is 0.300. The van der Waals surface area contributed by atoms with Gasteiger partial charge in [0.05, 0.1) is 31.8 Å². The minimum absolute atomic E-state index is 0.406. The van der Waals surface area contributed by atoms with Crippen LogP contribution in [-0.4, -0.2) is 56.6 Å². The maximum Gasteiger partial charge on any atom is 0.324 e. The lowest BCUT2D eigenvalue weighted by atomic mass is 9.93. The molecule has 0 spiro atoms.